The largest absolute Gasteiger partial charge is 0.483 e. The van der Waals surface area contributed by atoms with Gasteiger partial charge in [0.25, 0.3) is 5.91 Å². The lowest BCUT2D eigenvalue weighted by Crippen LogP contribution is -2.53. The molecule has 190 valence electrons. The number of benzene rings is 3. The van der Waals surface area contributed by atoms with Gasteiger partial charge < -0.3 is 15.0 Å². The van der Waals surface area contributed by atoms with Crippen molar-refractivity contribution in [1.29, 1.82) is 0 Å². The van der Waals surface area contributed by atoms with E-state index >= 15 is 0 Å². The van der Waals surface area contributed by atoms with Gasteiger partial charge in [0.2, 0.25) is 5.91 Å². The average Bonchev–Trinajstić information content (AvgIpc) is 2.88. The topological polar surface area (TPSA) is 58.6 Å². The molecule has 0 aliphatic rings. The van der Waals surface area contributed by atoms with Crippen LogP contribution in [0.15, 0.2) is 72.8 Å². The van der Waals surface area contributed by atoms with Crippen molar-refractivity contribution in [1.82, 2.24) is 10.2 Å². The normalized spacial score (nSPS) is 12.5. The molecule has 0 saturated heterocycles. The maximum Gasteiger partial charge on any atom is 0.261 e. The first kappa shape index (κ1) is 27.3. The lowest BCUT2D eigenvalue weighted by Gasteiger charge is -2.32. The average molecular weight is 507 g/mol. The van der Waals surface area contributed by atoms with E-state index < -0.39 is 6.04 Å². The van der Waals surface area contributed by atoms with E-state index in [9.17, 15) is 9.59 Å². The first-order valence-corrected chi connectivity index (χ1v) is 12.7. The fourth-order valence-corrected chi connectivity index (χ4v) is 4.10. The second-order valence-electron chi connectivity index (χ2n) is 9.12. The zero-order valence-electron chi connectivity index (χ0n) is 21.5. The number of aryl methyl sites for hydroxylation is 1. The number of nitrogens with zero attached hydrogens (tertiary/aromatic N) is 1. The van der Waals surface area contributed by atoms with Gasteiger partial charge in [0.1, 0.15) is 11.8 Å². The van der Waals surface area contributed by atoms with Crippen molar-refractivity contribution in [3.8, 4) is 5.75 Å². The molecule has 3 aromatic carbocycles. The minimum Gasteiger partial charge on any atom is -0.483 e. The number of hydrogen-bond donors (Lipinski definition) is 1. The standard InChI is InChI=1S/C30H35ClN2O3/c1-5-22(3)32-30(35)27(18-24-13-7-6-8-14-24)33(19-25-15-9-10-16-26(25)31)29(34)20-36-28-17-11-12-21(2)23(28)4/h6-17,22,27H,5,18-20H2,1-4H3,(H,32,35)/t22-,27+/m0/s1. The van der Waals surface area contributed by atoms with Gasteiger partial charge in [-0.15, -0.1) is 0 Å². The fourth-order valence-electron chi connectivity index (χ4n) is 3.91. The highest BCUT2D eigenvalue weighted by Gasteiger charge is 2.31. The van der Waals surface area contributed by atoms with Crippen molar-refractivity contribution in [2.24, 2.45) is 0 Å². The summed E-state index contributed by atoms with van der Waals surface area (Å²) in [4.78, 5) is 28.8. The molecule has 3 rings (SSSR count). The Morgan fingerprint density at radius 1 is 0.972 bits per heavy atom. The molecule has 5 nitrogen and oxygen atoms in total. The molecule has 3 aromatic rings. The number of hydrogen-bond acceptors (Lipinski definition) is 3. The first-order valence-electron chi connectivity index (χ1n) is 12.4. The number of nitrogens with one attached hydrogen (secondary N) is 1. The third kappa shape index (κ3) is 7.34. The first-order chi connectivity index (χ1) is 17.3. The maximum atomic E-state index is 13.7. The summed E-state index contributed by atoms with van der Waals surface area (Å²) >= 11 is 6.47. The summed E-state index contributed by atoms with van der Waals surface area (Å²) in [5.41, 5.74) is 3.81. The summed E-state index contributed by atoms with van der Waals surface area (Å²) in [6.45, 7) is 7.96. The second kappa shape index (κ2) is 13.1. The molecular weight excluding hydrogens is 472 g/mol. The molecule has 2 amide bonds. The molecule has 36 heavy (non-hydrogen) atoms. The van der Waals surface area contributed by atoms with Crippen LogP contribution in [0.2, 0.25) is 5.02 Å². The van der Waals surface area contributed by atoms with Crippen LogP contribution in [0.1, 0.15) is 42.5 Å². The predicted octanol–water partition coefficient (Wildman–Crippen LogP) is 5.89. The Morgan fingerprint density at radius 2 is 1.67 bits per heavy atom. The van der Waals surface area contributed by atoms with Gasteiger partial charge in [0, 0.05) is 24.0 Å². The Morgan fingerprint density at radius 3 is 2.36 bits per heavy atom. The van der Waals surface area contributed by atoms with Gasteiger partial charge in [-0.05, 0) is 61.6 Å². The summed E-state index contributed by atoms with van der Waals surface area (Å²) in [5.74, 6) is 0.182. The van der Waals surface area contributed by atoms with Gasteiger partial charge in [0.15, 0.2) is 6.61 Å². The van der Waals surface area contributed by atoms with E-state index in [1.165, 1.54) is 0 Å². The molecule has 0 radical (unpaired) electrons. The van der Waals surface area contributed by atoms with Gasteiger partial charge in [0.05, 0.1) is 0 Å². The number of carbonyl (C=O) groups is 2. The minimum absolute atomic E-state index is 0.0146. The molecule has 1 N–H and O–H groups in total. The molecular formula is C30H35ClN2O3. The van der Waals surface area contributed by atoms with E-state index in [2.05, 4.69) is 5.32 Å². The molecule has 6 heteroatoms. The summed E-state index contributed by atoms with van der Waals surface area (Å²) in [5, 5.41) is 3.62. The summed E-state index contributed by atoms with van der Waals surface area (Å²) < 4.78 is 5.95. The van der Waals surface area contributed by atoms with E-state index in [-0.39, 0.29) is 31.0 Å². The van der Waals surface area contributed by atoms with Crippen molar-refractivity contribution < 1.29 is 14.3 Å². The van der Waals surface area contributed by atoms with Gasteiger partial charge in [-0.25, -0.2) is 0 Å². The smallest absolute Gasteiger partial charge is 0.261 e. The Balaban J connectivity index is 1.94. The minimum atomic E-state index is -0.729. The zero-order valence-corrected chi connectivity index (χ0v) is 22.2. The SMILES string of the molecule is CC[C@H](C)NC(=O)[C@@H](Cc1ccccc1)N(Cc1ccccc1Cl)C(=O)COc1cccc(C)c1C. The molecule has 0 heterocycles. The summed E-state index contributed by atoms with van der Waals surface area (Å²) in [6.07, 6.45) is 1.17. The number of halogens is 1. The van der Waals surface area contributed by atoms with Crippen LogP contribution in [0.4, 0.5) is 0 Å². The Kier molecular flexibility index (Phi) is 9.95. The molecule has 0 aromatic heterocycles. The van der Waals surface area contributed by atoms with Crippen molar-refractivity contribution in [2.45, 2.75) is 59.2 Å². The maximum absolute atomic E-state index is 13.7. The molecule has 0 fully saturated rings. The third-order valence-electron chi connectivity index (χ3n) is 6.48. The number of ether oxygens (including phenoxy) is 1. The van der Waals surface area contributed by atoms with Crippen LogP contribution in [0.5, 0.6) is 5.75 Å². The zero-order chi connectivity index (χ0) is 26.1. The van der Waals surface area contributed by atoms with E-state index in [1.54, 1.807) is 11.0 Å². The van der Waals surface area contributed by atoms with Crippen LogP contribution in [-0.2, 0) is 22.6 Å². The Hall–Kier alpha value is -3.31. The molecule has 0 unspecified atom stereocenters. The molecule has 0 bridgehead atoms. The van der Waals surface area contributed by atoms with E-state index in [1.807, 2.05) is 94.4 Å². The molecule has 0 spiro atoms. The molecule has 0 aliphatic heterocycles. The number of rotatable bonds is 11. The monoisotopic (exact) mass is 506 g/mol. The van der Waals surface area contributed by atoms with Crippen molar-refractivity contribution in [3.05, 3.63) is 100 Å². The second-order valence-corrected chi connectivity index (χ2v) is 9.53. The van der Waals surface area contributed by atoms with E-state index in [0.717, 1.165) is 28.7 Å². The van der Waals surface area contributed by atoms with Crippen molar-refractivity contribution >= 4 is 23.4 Å². The van der Waals surface area contributed by atoms with Crippen molar-refractivity contribution in [3.63, 3.8) is 0 Å². The lowest BCUT2D eigenvalue weighted by molar-refractivity contribution is -0.143. The van der Waals surface area contributed by atoms with E-state index in [4.69, 9.17) is 16.3 Å². The number of carbonyl (C=O) groups excluding carboxylic acids is 2. The van der Waals surface area contributed by atoms with E-state index in [0.29, 0.717) is 17.2 Å². The number of amides is 2. The van der Waals surface area contributed by atoms with Crippen LogP contribution in [0, 0.1) is 13.8 Å². The molecule has 0 saturated carbocycles. The molecule has 0 aliphatic carbocycles. The van der Waals surface area contributed by atoms with Crippen LogP contribution in [0.3, 0.4) is 0 Å². The highest BCUT2D eigenvalue weighted by Crippen LogP contribution is 2.23. The quantitative estimate of drug-likeness (QED) is 0.352. The Bertz CT molecular complexity index is 1170. The summed E-state index contributed by atoms with van der Waals surface area (Å²) in [6, 6.07) is 22.1. The van der Waals surface area contributed by atoms with Crippen LogP contribution >= 0.6 is 11.6 Å². The lowest BCUT2D eigenvalue weighted by atomic mass is 10.0. The summed E-state index contributed by atoms with van der Waals surface area (Å²) in [7, 11) is 0. The predicted molar refractivity (Wildman–Crippen MR) is 145 cm³/mol. The van der Waals surface area contributed by atoms with Gasteiger partial charge in [-0.3, -0.25) is 9.59 Å². The van der Waals surface area contributed by atoms with Gasteiger partial charge >= 0.3 is 0 Å². The highest BCUT2D eigenvalue weighted by atomic mass is 35.5. The van der Waals surface area contributed by atoms with Crippen LogP contribution in [-0.4, -0.2) is 35.4 Å². The van der Waals surface area contributed by atoms with Crippen LogP contribution in [0.25, 0.3) is 0 Å². The fraction of sp³-hybridized carbons (Fsp3) is 0.333. The highest BCUT2D eigenvalue weighted by molar-refractivity contribution is 6.31. The third-order valence-corrected chi connectivity index (χ3v) is 6.85. The molecule has 2 atom stereocenters. The van der Waals surface area contributed by atoms with Crippen molar-refractivity contribution in [2.75, 3.05) is 6.61 Å². The van der Waals surface area contributed by atoms with Gasteiger partial charge in [-0.1, -0.05) is 79.2 Å². The van der Waals surface area contributed by atoms with Gasteiger partial charge in [-0.2, -0.15) is 0 Å². The Labute approximate surface area is 219 Å². The van der Waals surface area contributed by atoms with Crippen LogP contribution < -0.4 is 10.1 Å².